The number of carbonyl (C=O) groups is 10. The third-order valence-corrected chi connectivity index (χ3v) is 11.9. The molecule has 9 amide bonds. The van der Waals surface area contributed by atoms with Crippen molar-refractivity contribution in [1.82, 2.24) is 62.9 Å². The van der Waals surface area contributed by atoms with Crippen molar-refractivity contribution in [1.29, 1.82) is 0 Å². The molecule has 30 heteroatoms. The highest BCUT2D eigenvalue weighted by atomic mass is 16.5. The summed E-state index contributed by atoms with van der Waals surface area (Å²) in [5, 5.41) is 23.9. The Morgan fingerprint density at radius 2 is 0.949 bits per heavy atom. The van der Waals surface area contributed by atoms with Crippen LogP contribution in [0.1, 0.15) is 93.6 Å². The van der Waals surface area contributed by atoms with Crippen LogP contribution in [0.25, 0.3) is 0 Å². The van der Waals surface area contributed by atoms with Crippen LogP contribution in [0.4, 0.5) is 34.4 Å². The molecule has 79 heavy (non-hydrogen) atoms. The van der Waals surface area contributed by atoms with Gasteiger partial charge in [0, 0.05) is 125 Å². The number of amides is 9. The Bertz CT molecular complexity index is 3540. The maximum Gasteiger partial charge on any atom is 0.354 e. The van der Waals surface area contributed by atoms with Crippen LogP contribution in [0, 0.1) is 0 Å². The number of methoxy groups -OCH3 is 1. The fourth-order valence-electron chi connectivity index (χ4n) is 8.06. The molecule has 0 bridgehead atoms. The Labute approximate surface area is 449 Å². The fourth-order valence-corrected chi connectivity index (χ4v) is 8.06. The lowest BCUT2D eigenvalue weighted by Crippen LogP contribution is -2.45. The van der Waals surface area contributed by atoms with E-state index >= 15 is 0 Å². The molecule has 7 aromatic rings. The first kappa shape index (κ1) is 56.2. The standard InChI is InChI=1S/C49H57N19O11/c1-26(69)53-31(10-12-52-46(75)40-59-36(24-67(40)7)58-38(70)11-13-51-43(72)32-16-28(21-63(32)3)56-47(76)39-50-14-15-62(39)2)42(71)54-27-17-34(65(5)20-27)45(74)61-37-25-68(8)41(60-37)48(77)57-29-18-33(64(4)22-29)44(73)55-30-19-35(49(78)79-9)66(6)23-30/h14-25,31H,10-13H2,1-9H3,(H,51,72)(H,52,75)(H,53,69)(H,54,71)(H,55,73)(H,56,76)(H,57,77)(H,58,70)(H,61,74)/t31-/m0/s1. The third kappa shape index (κ3) is 13.7. The lowest BCUT2D eigenvalue weighted by molar-refractivity contribution is -0.125. The number of aromatic nitrogens is 10. The van der Waals surface area contributed by atoms with E-state index < -0.39 is 65.2 Å². The average molecular weight is 1090 g/mol. The molecule has 0 saturated carbocycles. The molecule has 0 spiro atoms. The molecule has 0 aliphatic heterocycles. The zero-order valence-electron chi connectivity index (χ0n) is 44.3. The fraction of sp³-hybridized carbons (Fsp3) is 0.286. The Kier molecular flexibility index (Phi) is 17.1. The highest BCUT2D eigenvalue weighted by molar-refractivity contribution is 6.08. The van der Waals surface area contributed by atoms with Crippen LogP contribution >= 0.6 is 0 Å². The van der Waals surface area contributed by atoms with E-state index in [1.165, 1.54) is 104 Å². The van der Waals surface area contributed by atoms with Crippen molar-refractivity contribution in [3.8, 4) is 0 Å². The number of hydrogen-bond donors (Lipinski definition) is 9. The Morgan fingerprint density at radius 1 is 0.494 bits per heavy atom. The van der Waals surface area contributed by atoms with Gasteiger partial charge in [0.25, 0.3) is 35.4 Å². The SMILES string of the molecule is COC(=O)c1cc(NC(=O)c2cc(NC(=O)c3nc(NC(=O)c4cc(NC(=O)[C@H](CCNC(=O)c5nc(NC(=O)CCNC(=O)c6cc(NC(=O)c7nccn7C)cn6C)cn5C)NC(C)=O)cn4C)cn3C)cn2C)cn1C. The quantitative estimate of drug-likeness (QED) is 0.0455. The van der Waals surface area contributed by atoms with Gasteiger partial charge < -0.3 is 84.6 Å². The molecule has 1 atom stereocenters. The lowest BCUT2D eigenvalue weighted by atomic mass is 10.2. The van der Waals surface area contributed by atoms with E-state index in [2.05, 4.69) is 62.8 Å². The second-order valence-corrected chi connectivity index (χ2v) is 18.0. The van der Waals surface area contributed by atoms with Crippen molar-refractivity contribution in [3.63, 3.8) is 0 Å². The highest BCUT2D eigenvalue weighted by Crippen LogP contribution is 2.21. The van der Waals surface area contributed by atoms with Crippen molar-refractivity contribution in [2.75, 3.05) is 52.1 Å². The molecule has 7 rings (SSSR count). The maximum absolute atomic E-state index is 13.5. The third-order valence-electron chi connectivity index (χ3n) is 11.9. The number of esters is 1. The predicted molar refractivity (Wildman–Crippen MR) is 283 cm³/mol. The molecule has 0 aromatic carbocycles. The molecule has 414 valence electrons. The molecule has 0 saturated heterocycles. The number of imidazole rings is 3. The van der Waals surface area contributed by atoms with E-state index in [4.69, 9.17) is 4.74 Å². The normalized spacial score (nSPS) is 11.3. The number of carbonyl (C=O) groups excluding carboxylic acids is 10. The maximum atomic E-state index is 13.5. The van der Waals surface area contributed by atoms with Crippen LogP contribution in [-0.4, -0.2) is 132 Å². The van der Waals surface area contributed by atoms with Crippen molar-refractivity contribution in [2.45, 2.75) is 25.8 Å². The van der Waals surface area contributed by atoms with E-state index in [-0.39, 0.29) is 89.2 Å². The molecule has 30 nitrogen and oxygen atoms in total. The lowest BCUT2D eigenvalue weighted by Gasteiger charge is -2.17. The first-order valence-corrected chi connectivity index (χ1v) is 24.0. The number of anilines is 6. The number of hydrogen-bond acceptors (Lipinski definition) is 14. The summed E-state index contributed by atoms with van der Waals surface area (Å²) in [6.07, 6.45) is 11.8. The van der Waals surface area contributed by atoms with E-state index in [0.29, 0.717) is 11.4 Å². The van der Waals surface area contributed by atoms with E-state index in [0.717, 1.165) is 0 Å². The summed E-state index contributed by atoms with van der Waals surface area (Å²) in [4.78, 5) is 141. The number of ether oxygens (including phenoxy) is 1. The molecule has 7 heterocycles. The minimum absolute atomic E-state index is 0.0241. The van der Waals surface area contributed by atoms with Gasteiger partial charge in [-0.2, -0.15) is 0 Å². The van der Waals surface area contributed by atoms with Gasteiger partial charge in [-0.15, -0.1) is 0 Å². The molecule has 0 aliphatic carbocycles. The molecular formula is C49H57N19O11. The van der Waals surface area contributed by atoms with E-state index in [9.17, 15) is 47.9 Å². The molecule has 7 aromatic heterocycles. The number of rotatable bonds is 21. The summed E-state index contributed by atoms with van der Waals surface area (Å²) in [6, 6.07) is 4.65. The van der Waals surface area contributed by atoms with Crippen molar-refractivity contribution in [2.24, 2.45) is 49.3 Å². The number of nitrogens with zero attached hydrogens (tertiary/aromatic N) is 10. The number of nitrogens with one attached hydrogen (secondary N) is 9. The molecule has 0 fully saturated rings. The van der Waals surface area contributed by atoms with Crippen LogP contribution < -0.4 is 47.9 Å². The summed E-state index contributed by atoms with van der Waals surface area (Å²) in [5.41, 5.74) is 1.93. The van der Waals surface area contributed by atoms with Crippen LogP contribution in [0.2, 0.25) is 0 Å². The van der Waals surface area contributed by atoms with E-state index in [1.807, 2.05) is 0 Å². The molecule has 9 N–H and O–H groups in total. The average Bonchev–Trinajstić information content (AvgIpc) is 4.28. The minimum Gasteiger partial charge on any atom is -0.464 e. The zero-order chi connectivity index (χ0) is 57.4. The Balaban J connectivity index is 0.861. The van der Waals surface area contributed by atoms with Gasteiger partial charge in [0.05, 0.1) is 29.9 Å². The minimum atomic E-state index is -1.14. The van der Waals surface area contributed by atoms with Gasteiger partial charge in [-0.05, 0) is 30.7 Å². The molecular weight excluding hydrogens is 1030 g/mol. The zero-order valence-corrected chi connectivity index (χ0v) is 44.3. The van der Waals surface area contributed by atoms with Crippen LogP contribution in [0.3, 0.4) is 0 Å². The predicted octanol–water partition coefficient (Wildman–Crippen LogP) is 1.06. The Hall–Kier alpha value is -10.6. The van der Waals surface area contributed by atoms with Gasteiger partial charge in [0.1, 0.15) is 28.8 Å². The summed E-state index contributed by atoms with van der Waals surface area (Å²) < 4.78 is 15.0. The molecule has 0 unspecified atom stereocenters. The van der Waals surface area contributed by atoms with Gasteiger partial charge >= 0.3 is 5.97 Å². The van der Waals surface area contributed by atoms with Crippen molar-refractivity contribution >= 4 is 93.5 Å². The highest BCUT2D eigenvalue weighted by Gasteiger charge is 2.25. The topological polar surface area (TPSA) is 361 Å². The second kappa shape index (κ2) is 24.0. The molecule has 0 radical (unpaired) electrons. The summed E-state index contributed by atoms with van der Waals surface area (Å²) >= 11 is 0. The monoisotopic (exact) mass is 1090 g/mol. The summed E-state index contributed by atoms with van der Waals surface area (Å²) in [7, 11) is 12.4. The second-order valence-electron chi connectivity index (χ2n) is 18.0. The largest absolute Gasteiger partial charge is 0.464 e. The van der Waals surface area contributed by atoms with E-state index in [1.54, 1.807) is 65.4 Å². The van der Waals surface area contributed by atoms with Gasteiger partial charge in [0.15, 0.2) is 17.5 Å². The van der Waals surface area contributed by atoms with Gasteiger partial charge in [-0.25, -0.2) is 19.7 Å². The summed E-state index contributed by atoms with van der Waals surface area (Å²) in [5.74, 6) is -5.54. The van der Waals surface area contributed by atoms with Crippen molar-refractivity contribution in [3.05, 3.63) is 114 Å². The number of aryl methyl sites for hydroxylation is 7. The molecule has 0 aliphatic rings. The van der Waals surface area contributed by atoms with Crippen LogP contribution in [0.5, 0.6) is 0 Å². The van der Waals surface area contributed by atoms with Gasteiger partial charge in [-0.1, -0.05) is 0 Å². The first-order chi connectivity index (χ1) is 37.5. The van der Waals surface area contributed by atoms with Crippen LogP contribution in [0.15, 0.2) is 73.8 Å². The summed E-state index contributed by atoms with van der Waals surface area (Å²) in [6.45, 7) is 1.08. The Morgan fingerprint density at radius 3 is 1.48 bits per heavy atom. The smallest absolute Gasteiger partial charge is 0.354 e. The van der Waals surface area contributed by atoms with Gasteiger partial charge in [0.2, 0.25) is 29.4 Å². The van der Waals surface area contributed by atoms with Crippen molar-refractivity contribution < 1.29 is 52.7 Å². The van der Waals surface area contributed by atoms with Gasteiger partial charge in [-0.3, -0.25) is 43.2 Å². The first-order valence-electron chi connectivity index (χ1n) is 24.0. The van der Waals surface area contributed by atoms with Crippen LogP contribution in [-0.2, 0) is 68.5 Å².